The zero-order valence-electron chi connectivity index (χ0n) is 9.82. The number of nitrogens with zero attached hydrogens (tertiary/aromatic N) is 1. The third kappa shape index (κ3) is 1.89. The molecule has 88 valence electrons. The van der Waals surface area contributed by atoms with E-state index in [9.17, 15) is 4.79 Å². The second kappa shape index (κ2) is 4.37. The molecule has 1 heterocycles. The lowest BCUT2D eigenvalue weighted by molar-refractivity contribution is -0.0640. The molecule has 1 N–H and O–H groups in total. The van der Waals surface area contributed by atoms with Crippen LogP contribution in [-0.4, -0.2) is 23.4 Å². The summed E-state index contributed by atoms with van der Waals surface area (Å²) in [5, 5.41) is 0. The molecular weight excluding hydrogens is 204 g/mol. The van der Waals surface area contributed by atoms with Crippen LogP contribution in [0.15, 0.2) is 6.20 Å². The van der Waals surface area contributed by atoms with Crippen LogP contribution in [0.1, 0.15) is 48.9 Å². The van der Waals surface area contributed by atoms with Crippen LogP contribution in [0.2, 0.25) is 0 Å². The SMILES string of the molecule is COC1(c2ncc(C=O)[nH]2)CCCC(C)C1. The van der Waals surface area contributed by atoms with Crippen LogP contribution in [0.3, 0.4) is 0 Å². The van der Waals surface area contributed by atoms with Crippen molar-refractivity contribution in [1.82, 2.24) is 9.97 Å². The first kappa shape index (κ1) is 11.3. The summed E-state index contributed by atoms with van der Waals surface area (Å²) in [6.45, 7) is 2.23. The molecule has 1 fully saturated rings. The number of hydrogen-bond acceptors (Lipinski definition) is 3. The van der Waals surface area contributed by atoms with E-state index in [0.29, 0.717) is 11.6 Å². The highest BCUT2D eigenvalue weighted by molar-refractivity contribution is 5.71. The van der Waals surface area contributed by atoms with Crippen molar-refractivity contribution < 1.29 is 9.53 Å². The summed E-state index contributed by atoms with van der Waals surface area (Å²) >= 11 is 0. The summed E-state index contributed by atoms with van der Waals surface area (Å²) in [5.74, 6) is 1.43. The van der Waals surface area contributed by atoms with Crippen molar-refractivity contribution in [2.45, 2.75) is 38.2 Å². The van der Waals surface area contributed by atoms with Gasteiger partial charge in [0.25, 0.3) is 0 Å². The molecule has 2 rings (SSSR count). The summed E-state index contributed by atoms with van der Waals surface area (Å²) in [5.41, 5.74) is 0.198. The van der Waals surface area contributed by atoms with Crippen LogP contribution in [0.25, 0.3) is 0 Å². The van der Waals surface area contributed by atoms with E-state index in [0.717, 1.165) is 31.4 Å². The van der Waals surface area contributed by atoms with Gasteiger partial charge in [0.05, 0.1) is 11.9 Å². The molecule has 2 atom stereocenters. The normalized spacial score (nSPS) is 30.2. The van der Waals surface area contributed by atoms with E-state index in [1.165, 1.54) is 6.42 Å². The van der Waals surface area contributed by atoms with Crippen LogP contribution in [-0.2, 0) is 10.3 Å². The number of ether oxygens (including phenoxy) is 1. The fourth-order valence-electron chi connectivity index (χ4n) is 2.63. The van der Waals surface area contributed by atoms with Gasteiger partial charge in [-0.1, -0.05) is 13.3 Å². The third-order valence-corrected chi connectivity index (χ3v) is 3.50. The van der Waals surface area contributed by atoms with Gasteiger partial charge in [0.1, 0.15) is 11.4 Å². The van der Waals surface area contributed by atoms with Crippen molar-refractivity contribution in [2.75, 3.05) is 7.11 Å². The van der Waals surface area contributed by atoms with Gasteiger partial charge in [-0.05, 0) is 25.2 Å². The highest BCUT2D eigenvalue weighted by Crippen LogP contribution is 2.41. The lowest BCUT2D eigenvalue weighted by Crippen LogP contribution is -2.35. The zero-order chi connectivity index (χ0) is 11.6. The van der Waals surface area contributed by atoms with Crippen molar-refractivity contribution in [2.24, 2.45) is 5.92 Å². The maximum atomic E-state index is 10.6. The van der Waals surface area contributed by atoms with Gasteiger partial charge in [-0.2, -0.15) is 0 Å². The summed E-state index contributed by atoms with van der Waals surface area (Å²) < 4.78 is 5.68. The lowest BCUT2D eigenvalue weighted by Gasteiger charge is -2.37. The van der Waals surface area contributed by atoms with E-state index in [4.69, 9.17) is 4.74 Å². The van der Waals surface area contributed by atoms with Crippen LogP contribution in [0, 0.1) is 5.92 Å². The predicted molar refractivity (Wildman–Crippen MR) is 60.3 cm³/mol. The molecule has 0 aliphatic heterocycles. The van der Waals surface area contributed by atoms with Crippen LogP contribution in [0.5, 0.6) is 0 Å². The molecule has 0 aromatic carbocycles. The highest BCUT2D eigenvalue weighted by Gasteiger charge is 2.39. The number of aldehydes is 1. The molecule has 16 heavy (non-hydrogen) atoms. The summed E-state index contributed by atoms with van der Waals surface area (Å²) in [4.78, 5) is 18.0. The molecule has 1 aromatic rings. The first-order valence-corrected chi connectivity index (χ1v) is 5.76. The molecule has 1 aromatic heterocycles. The van der Waals surface area contributed by atoms with Gasteiger partial charge < -0.3 is 9.72 Å². The molecular formula is C12H18N2O2. The number of aromatic nitrogens is 2. The molecule has 0 bridgehead atoms. The second-order valence-electron chi connectivity index (χ2n) is 4.70. The first-order valence-electron chi connectivity index (χ1n) is 5.76. The molecule has 0 radical (unpaired) electrons. The highest BCUT2D eigenvalue weighted by atomic mass is 16.5. The van der Waals surface area contributed by atoms with E-state index in [1.807, 2.05) is 0 Å². The Morgan fingerprint density at radius 3 is 3.06 bits per heavy atom. The average Bonchev–Trinajstić information content (AvgIpc) is 2.78. The quantitative estimate of drug-likeness (QED) is 0.798. The van der Waals surface area contributed by atoms with Gasteiger partial charge in [0.15, 0.2) is 6.29 Å². The predicted octanol–water partition coefficient (Wildman–Crippen LogP) is 2.27. The van der Waals surface area contributed by atoms with Crippen LogP contribution < -0.4 is 0 Å². The van der Waals surface area contributed by atoms with Gasteiger partial charge in [-0.3, -0.25) is 4.79 Å². The Morgan fingerprint density at radius 2 is 2.50 bits per heavy atom. The number of nitrogens with one attached hydrogen (secondary N) is 1. The Morgan fingerprint density at radius 1 is 1.69 bits per heavy atom. The van der Waals surface area contributed by atoms with Crippen molar-refractivity contribution in [1.29, 1.82) is 0 Å². The minimum Gasteiger partial charge on any atom is -0.370 e. The summed E-state index contributed by atoms with van der Waals surface area (Å²) in [7, 11) is 1.72. The van der Waals surface area contributed by atoms with Crippen LogP contribution in [0.4, 0.5) is 0 Å². The Bertz CT molecular complexity index is 375. The molecule has 2 unspecified atom stereocenters. The monoisotopic (exact) mass is 222 g/mol. The van der Waals surface area contributed by atoms with Crippen molar-refractivity contribution in [3.05, 3.63) is 17.7 Å². The van der Waals surface area contributed by atoms with Crippen molar-refractivity contribution in [3.63, 3.8) is 0 Å². The molecule has 1 saturated carbocycles. The number of aromatic amines is 1. The Balaban J connectivity index is 2.29. The molecule has 1 aliphatic rings. The van der Waals surface area contributed by atoms with E-state index in [1.54, 1.807) is 13.3 Å². The zero-order valence-corrected chi connectivity index (χ0v) is 9.82. The number of H-pyrrole nitrogens is 1. The largest absolute Gasteiger partial charge is 0.370 e. The molecule has 0 spiro atoms. The third-order valence-electron chi connectivity index (χ3n) is 3.50. The average molecular weight is 222 g/mol. The molecule has 1 aliphatic carbocycles. The first-order chi connectivity index (χ1) is 7.70. The van der Waals surface area contributed by atoms with Gasteiger partial charge >= 0.3 is 0 Å². The lowest BCUT2D eigenvalue weighted by atomic mass is 9.78. The van der Waals surface area contributed by atoms with Gasteiger partial charge in [0.2, 0.25) is 0 Å². The summed E-state index contributed by atoms with van der Waals surface area (Å²) in [6.07, 6.45) is 6.68. The molecule has 4 heteroatoms. The van der Waals surface area contributed by atoms with Crippen molar-refractivity contribution in [3.8, 4) is 0 Å². The van der Waals surface area contributed by atoms with E-state index < -0.39 is 0 Å². The number of imidazole rings is 1. The van der Waals surface area contributed by atoms with E-state index in [2.05, 4.69) is 16.9 Å². The van der Waals surface area contributed by atoms with Crippen LogP contribution >= 0.6 is 0 Å². The van der Waals surface area contributed by atoms with Gasteiger partial charge in [0, 0.05) is 7.11 Å². The number of hydrogen-bond donors (Lipinski definition) is 1. The molecule has 4 nitrogen and oxygen atoms in total. The van der Waals surface area contributed by atoms with Gasteiger partial charge in [-0.15, -0.1) is 0 Å². The number of rotatable bonds is 3. The Labute approximate surface area is 95.4 Å². The smallest absolute Gasteiger partial charge is 0.167 e. The fourth-order valence-corrected chi connectivity index (χ4v) is 2.63. The maximum absolute atomic E-state index is 10.6. The number of carbonyl (C=O) groups is 1. The summed E-state index contributed by atoms with van der Waals surface area (Å²) in [6, 6.07) is 0. The van der Waals surface area contributed by atoms with E-state index >= 15 is 0 Å². The minimum absolute atomic E-state index is 0.321. The number of carbonyl (C=O) groups excluding carboxylic acids is 1. The Kier molecular flexibility index (Phi) is 3.10. The topological polar surface area (TPSA) is 55.0 Å². The van der Waals surface area contributed by atoms with Gasteiger partial charge in [-0.25, -0.2) is 4.98 Å². The maximum Gasteiger partial charge on any atom is 0.167 e. The Hall–Kier alpha value is -1.16. The molecule has 0 amide bonds. The fraction of sp³-hybridized carbons (Fsp3) is 0.667. The molecule has 0 saturated heterocycles. The standard InChI is InChI=1S/C12H18N2O2/c1-9-4-3-5-12(6-9,16-2)11-13-7-10(8-15)14-11/h7-9H,3-6H2,1-2H3,(H,13,14). The van der Waals surface area contributed by atoms with Crippen molar-refractivity contribution >= 4 is 6.29 Å². The minimum atomic E-state index is -0.321. The van der Waals surface area contributed by atoms with E-state index in [-0.39, 0.29) is 5.60 Å². The second-order valence-corrected chi connectivity index (χ2v) is 4.70. The number of methoxy groups -OCH3 is 1.